The number of aromatic amines is 1. The summed E-state index contributed by atoms with van der Waals surface area (Å²) in [7, 11) is 1.34. The molecule has 1 aliphatic heterocycles. The molecule has 0 fully saturated rings. The number of rotatable bonds is 3. The average molecular weight is 485 g/mol. The third-order valence-corrected chi connectivity index (χ3v) is 5.09. The highest BCUT2D eigenvalue weighted by Crippen LogP contribution is 2.55. The number of benzene rings is 1. The Labute approximate surface area is 185 Å². The molecule has 1 aliphatic rings. The standard InChI is InChI=1S/C20H13F6N5O3/c1-34-12-4-2-11(3-5-12)31-15-13(16(32)29-17(31)33)18(19(21,22)23,20(24,25)26)30-14(28-15)10-6-8-27-9-7-10/h2-9H,1H3,(H,28,30)(H,29,32,33). The Bertz CT molecular complexity index is 1360. The lowest BCUT2D eigenvalue weighted by molar-refractivity contribution is -0.301. The summed E-state index contributed by atoms with van der Waals surface area (Å²) < 4.78 is 91.0. The van der Waals surface area contributed by atoms with Crippen molar-refractivity contribution in [3.8, 4) is 11.4 Å². The number of aliphatic imine (C=N–C) groups is 1. The minimum atomic E-state index is -6.10. The second-order valence-electron chi connectivity index (χ2n) is 7.04. The van der Waals surface area contributed by atoms with E-state index in [1.165, 1.54) is 31.4 Å². The zero-order valence-corrected chi connectivity index (χ0v) is 17.0. The molecular formula is C20H13F6N5O3. The molecule has 0 spiro atoms. The largest absolute Gasteiger partial charge is 0.497 e. The highest BCUT2D eigenvalue weighted by atomic mass is 19.4. The van der Waals surface area contributed by atoms with E-state index in [4.69, 9.17) is 4.74 Å². The Morgan fingerprint density at radius 1 is 0.941 bits per heavy atom. The molecule has 14 heteroatoms. The summed E-state index contributed by atoms with van der Waals surface area (Å²) >= 11 is 0. The SMILES string of the molecule is COc1ccc(-n2c3c(c(=O)[nH]c2=O)C(C(F)(F)F)(C(F)(F)F)N=C(c2ccncc2)N3)cc1. The van der Waals surface area contributed by atoms with Gasteiger partial charge in [0.05, 0.1) is 12.8 Å². The first-order chi connectivity index (χ1) is 15.9. The fraction of sp³-hybridized carbons (Fsp3) is 0.200. The summed E-state index contributed by atoms with van der Waals surface area (Å²) in [4.78, 5) is 33.4. The van der Waals surface area contributed by atoms with Crippen LogP contribution in [0.2, 0.25) is 0 Å². The molecule has 2 N–H and O–H groups in total. The van der Waals surface area contributed by atoms with E-state index in [2.05, 4.69) is 15.3 Å². The van der Waals surface area contributed by atoms with Crippen LogP contribution in [0, 0.1) is 0 Å². The maximum absolute atomic E-state index is 14.2. The first-order valence-corrected chi connectivity index (χ1v) is 9.35. The molecule has 0 aliphatic carbocycles. The molecule has 0 radical (unpaired) electrons. The van der Waals surface area contributed by atoms with E-state index in [0.29, 0.717) is 10.3 Å². The van der Waals surface area contributed by atoms with Gasteiger partial charge in [0.25, 0.3) is 11.1 Å². The number of ether oxygens (including phenoxy) is 1. The molecule has 0 unspecified atom stereocenters. The highest BCUT2D eigenvalue weighted by molar-refractivity contribution is 6.09. The van der Waals surface area contributed by atoms with Crippen LogP contribution in [0.3, 0.4) is 0 Å². The number of nitrogens with one attached hydrogen (secondary N) is 2. The second-order valence-corrected chi connectivity index (χ2v) is 7.04. The summed E-state index contributed by atoms with van der Waals surface area (Å²) in [6, 6.07) is 7.36. The minimum absolute atomic E-state index is 0.139. The predicted molar refractivity (Wildman–Crippen MR) is 107 cm³/mol. The molecule has 3 heterocycles. The van der Waals surface area contributed by atoms with Crippen LogP contribution in [0.4, 0.5) is 32.2 Å². The number of anilines is 1. The number of amidine groups is 1. The molecule has 0 amide bonds. The lowest BCUT2D eigenvalue weighted by atomic mass is 9.87. The van der Waals surface area contributed by atoms with Crippen molar-refractivity contribution < 1.29 is 31.1 Å². The molecule has 1 aromatic carbocycles. The summed E-state index contributed by atoms with van der Waals surface area (Å²) in [5.41, 5.74) is -10.3. The van der Waals surface area contributed by atoms with Gasteiger partial charge < -0.3 is 10.1 Å². The average Bonchev–Trinajstić information content (AvgIpc) is 2.77. The zero-order chi connectivity index (χ0) is 24.9. The van der Waals surface area contributed by atoms with Crippen molar-refractivity contribution >= 4 is 11.7 Å². The van der Waals surface area contributed by atoms with E-state index in [1.807, 2.05) is 0 Å². The topological polar surface area (TPSA) is 101 Å². The van der Waals surface area contributed by atoms with Crippen LogP contribution in [0.1, 0.15) is 11.1 Å². The lowest BCUT2D eigenvalue weighted by Crippen LogP contribution is -2.59. The molecule has 0 atom stereocenters. The van der Waals surface area contributed by atoms with Gasteiger partial charge in [0.2, 0.25) is 0 Å². The Morgan fingerprint density at radius 2 is 1.53 bits per heavy atom. The normalized spacial score (nSPS) is 15.2. The Hall–Kier alpha value is -4.10. The fourth-order valence-corrected chi connectivity index (χ4v) is 3.55. The van der Waals surface area contributed by atoms with Crippen molar-refractivity contribution in [2.45, 2.75) is 17.9 Å². The van der Waals surface area contributed by atoms with E-state index in [9.17, 15) is 35.9 Å². The molecular weight excluding hydrogens is 472 g/mol. The van der Waals surface area contributed by atoms with E-state index in [-0.39, 0.29) is 11.3 Å². The van der Waals surface area contributed by atoms with Gasteiger partial charge in [-0.05, 0) is 36.4 Å². The molecule has 3 aromatic rings. The monoisotopic (exact) mass is 485 g/mol. The van der Waals surface area contributed by atoms with Gasteiger partial charge in [-0.15, -0.1) is 0 Å². The molecule has 4 rings (SSSR count). The first-order valence-electron chi connectivity index (χ1n) is 9.35. The third kappa shape index (κ3) is 3.41. The van der Waals surface area contributed by atoms with Crippen LogP contribution in [-0.4, -0.2) is 39.8 Å². The van der Waals surface area contributed by atoms with Crippen LogP contribution in [0.5, 0.6) is 5.75 Å². The van der Waals surface area contributed by atoms with Crippen LogP contribution >= 0.6 is 0 Å². The van der Waals surface area contributed by atoms with Gasteiger partial charge in [-0.1, -0.05) is 0 Å². The van der Waals surface area contributed by atoms with Crippen LogP contribution in [0.15, 0.2) is 63.4 Å². The molecule has 178 valence electrons. The Morgan fingerprint density at radius 3 is 2.06 bits per heavy atom. The lowest BCUT2D eigenvalue weighted by Gasteiger charge is -2.38. The minimum Gasteiger partial charge on any atom is -0.497 e. The molecule has 34 heavy (non-hydrogen) atoms. The fourth-order valence-electron chi connectivity index (χ4n) is 3.55. The third-order valence-electron chi connectivity index (χ3n) is 5.09. The van der Waals surface area contributed by atoms with Crippen molar-refractivity contribution in [2.75, 3.05) is 12.4 Å². The zero-order valence-electron chi connectivity index (χ0n) is 17.0. The number of H-pyrrole nitrogens is 1. The molecule has 0 saturated carbocycles. The van der Waals surface area contributed by atoms with Crippen LogP contribution in [0.25, 0.3) is 5.69 Å². The summed E-state index contributed by atoms with van der Waals surface area (Å²) in [6.07, 6.45) is -9.94. The quantitative estimate of drug-likeness (QED) is 0.556. The van der Waals surface area contributed by atoms with Gasteiger partial charge in [-0.2, -0.15) is 26.3 Å². The van der Waals surface area contributed by atoms with Crippen molar-refractivity contribution in [2.24, 2.45) is 4.99 Å². The first kappa shape index (κ1) is 23.1. The van der Waals surface area contributed by atoms with Crippen molar-refractivity contribution in [1.82, 2.24) is 14.5 Å². The predicted octanol–water partition coefficient (Wildman–Crippen LogP) is 3.12. The van der Waals surface area contributed by atoms with Gasteiger partial charge in [-0.3, -0.25) is 14.8 Å². The van der Waals surface area contributed by atoms with Gasteiger partial charge in [0.1, 0.15) is 23.0 Å². The highest BCUT2D eigenvalue weighted by Gasteiger charge is 2.75. The summed E-state index contributed by atoms with van der Waals surface area (Å²) in [5, 5.41) is 2.32. The maximum Gasteiger partial charge on any atom is 0.427 e. The number of alkyl halides is 6. The van der Waals surface area contributed by atoms with Gasteiger partial charge >= 0.3 is 18.0 Å². The number of aromatic nitrogens is 3. The van der Waals surface area contributed by atoms with Crippen molar-refractivity contribution in [3.63, 3.8) is 0 Å². The molecule has 8 nitrogen and oxygen atoms in total. The van der Waals surface area contributed by atoms with Crippen LogP contribution < -0.4 is 21.3 Å². The second kappa shape index (κ2) is 7.74. The van der Waals surface area contributed by atoms with E-state index in [0.717, 1.165) is 24.5 Å². The smallest absolute Gasteiger partial charge is 0.427 e. The van der Waals surface area contributed by atoms with Crippen molar-refractivity contribution in [3.05, 3.63) is 80.8 Å². The van der Waals surface area contributed by atoms with Gasteiger partial charge in [0.15, 0.2) is 0 Å². The molecule has 0 saturated heterocycles. The molecule has 0 bridgehead atoms. The summed E-state index contributed by atoms with van der Waals surface area (Å²) in [5.74, 6) is -1.59. The maximum atomic E-state index is 14.2. The van der Waals surface area contributed by atoms with Crippen molar-refractivity contribution in [1.29, 1.82) is 0 Å². The summed E-state index contributed by atoms with van der Waals surface area (Å²) in [6.45, 7) is 0. The Balaban J connectivity index is 2.15. The van der Waals surface area contributed by atoms with Crippen LogP contribution in [-0.2, 0) is 5.54 Å². The van der Waals surface area contributed by atoms with E-state index < -0.39 is 46.4 Å². The van der Waals surface area contributed by atoms with E-state index >= 15 is 0 Å². The van der Waals surface area contributed by atoms with E-state index in [1.54, 1.807) is 4.98 Å². The number of hydrogen-bond acceptors (Lipinski definition) is 6. The number of fused-ring (bicyclic) bond motifs is 1. The van der Waals surface area contributed by atoms with Gasteiger partial charge in [-0.25, -0.2) is 14.4 Å². The number of halogens is 6. The number of pyridine rings is 1. The van der Waals surface area contributed by atoms with Gasteiger partial charge in [0, 0.05) is 18.0 Å². The number of nitrogens with zero attached hydrogens (tertiary/aromatic N) is 3. The number of hydrogen-bond donors (Lipinski definition) is 2. The number of methoxy groups -OCH3 is 1. The Kier molecular flexibility index (Phi) is 5.25. The molecule has 2 aromatic heterocycles.